The summed E-state index contributed by atoms with van der Waals surface area (Å²) in [5, 5.41) is -0.409. The van der Waals surface area contributed by atoms with Gasteiger partial charge in [0.25, 0.3) is 0 Å². The van der Waals surface area contributed by atoms with E-state index >= 15 is 0 Å². The molecule has 2 rings (SSSR count). The zero-order chi connectivity index (χ0) is 15.5. The number of nitrogens with one attached hydrogen (secondary N) is 1. The van der Waals surface area contributed by atoms with Gasteiger partial charge >= 0.3 is 0 Å². The number of carbonyl (C=O) groups is 1. The van der Waals surface area contributed by atoms with Gasteiger partial charge < -0.3 is 0 Å². The van der Waals surface area contributed by atoms with E-state index in [-0.39, 0.29) is 6.42 Å². The average Bonchev–Trinajstić information content (AvgIpc) is 2.43. The van der Waals surface area contributed by atoms with Crippen molar-refractivity contribution in [3.8, 4) is 0 Å². The number of hydrogen-bond donors (Lipinski definition) is 1. The number of sulfonamides is 1. The Hall–Kier alpha value is -1.36. The first-order valence-electron chi connectivity index (χ1n) is 7.49. The van der Waals surface area contributed by atoms with Gasteiger partial charge in [0.2, 0.25) is 15.9 Å². The molecule has 0 unspecified atom stereocenters. The van der Waals surface area contributed by atoms with Crippen molar-refractivity contribution in [2.45, 2.75) is 57.6 Å². The van der Waals surface area contributed by atoms with Crippen molar-refractivity contribution < 1.29 is 13.2 Å². The fraction of sp³-hybridized carbons (Fsp3) is 0.562. The van der Waals surface area contributed by atoms with Gasteiger partial charge in [0.15, 0.2) is 0 Å². The van der Waals surface area contributed by atoms with Crippen molar-refractivity contribution in [2.24, 2.45) is 0 Å². The molecule has 0 atom stereocenters. The minimum Gasteiger partial charge on any atom is -0.274 e. The van der Waals surface area contributed by atoms with Gasteiger partial charge in [-0.05, 0) is 37.8 Å². The molecule has 1 aliphatic rings. The molecule has 4 nitrogen and oxygen atoms in total. The van der Waals surface area contributed by atoms with Crippen LogP contribution in [0.3, 0.4) is 0 Å². The van der Waals surface area contributed by atoms with Crippen LogP contribution in [0.1, 0.15) is 48.8 Å². The third kappa shape index (κ3) is 4.30. The second kappa shape index (κ2) is 6.60. The first-order chi connectivity index (χ1) is 9.88. The Morgan fingerprint density at radius 1 is 1.19 bits per heavy atom. The highest BCUT2D eigenvalue weighted by atomic mass is 32.2. The molecule has 1 aliphatic carbocycles. The van der Waals surface area contributed by atoms with Crippen LogP contribution in [0.15, 0.2) is 18.2 Å². The summed E-state index contributed by atoms with van der Waals surface area (Å²) in [6.45, 7) is 3.89. The van der Waals surface area contributed by atoms with E-state index in [0.29, 0.717) is 12.8 Å². The van der Waals surface area contributed by atoms with E-state index in [1.54, 1.807) is 0 Å². The van der Waals surface area contributed by atoms with E-state index in [2.05, 4.69) is 4.72 Å². The van der Waals surface area contributed by atoms with Gasteiger partial charge in [0.05, 0.1) is 11.7 Å². The monoisotopic (exact) mass is 309 g/mol. The Balaban J connectivity index is 2.02. The van der Waals surface area contributed by atoms with Gasteiger partial charge in [-0.15, -0.1) is 0 Å². The van der Waals surface area contributed by atoms with Gasteiger partial charge in [-0.25, -0.2) is 8.42 Å². The van der Waals surface area contributed by atoms with Crippen LogP contribution in [-0.4, -0.2) is 19.6 Å². The highest BCUT2D eigenvalue weighted by Gasteiger charge is 2.28. The van der Waals surface area contributed by atoms with Gasteiger partial charge in [-0.2, -0.15) is 0 Å². The van der Waals surface area contributed by atoms with Crippen molar-refractivity contribution in [3.63, 3.8) is 0 Å². The molecule has 0 radical (unpaired) electrons. The maximum Gasteiger partial charge on any atom is 0.237 e. The fourth-order valence-electron chi connectivity index (χ4n) is 2.82. The molecule has 0 bridgehead atoms. The molecule has 1 aromatic rings. The first-order valence-corrected chi connectivity index (χ1v) is 9.04. The van der Waals surface area contributed by atoms with Gasteiger partial charge in [-0.3, -0.25) is 9.52 Å². The zero-order valence-corrected chi connectivity index (χ0v) is 13.5. The molecule has 1 amide bonds. The van der Waals surface area contributed by atoms with Crippen LogP contribution >= 0.6 is 0 Å². The van der Waals surface area contributed by atoms with Crippen LogP contribution in [0.5, 0.6) is 0 Å². The predicted molar refractivity (Wildman–Crippen MR) is 83.6 cm³/mol. The summed E-state index contributed by atoms with van der Waals surface area (Å²) in [4.78, 5) is 12.0. The maximum atomic E-state index is 12.2. The van der Waals surface area contributed by atoms with E-state index in [0.717, 1.165) is 36.0 Å². The van der Waals surface area contributed by atoms with Crippen molar-refractivity contribution in [1.82, 2.24) is 4.72 Å². The molecule has 0 aromatic heterocycles. The lowest BCUT2D eigenvalue weighted by molar-refractivity contribution is -0.118. The SMILES string of the molecule is Cc1ccc(C)c(CC(=O)NS(=O)(=O)C2CCCCC2)c1. The predicted octanol–water partition coefficient (Wildman–Crippen LogP) is 2.62. The Bertz CT molecular complexity index is 616. The summed E-state index contributed by atoms with van der Waals surface area (Å²) in [5.74, 6) is -0.436. The Morgan fingerprint density at radius 2 is 1.86 bits per heavy atom. The largest absolute Gasteiger partial charge is 0.274 e. The van der Waals surface area contributed by atoms with Crippen LogP contribution in [0.2, 0.25) is 0 Å². The molecule has 1 fully saturated rings. The van der Waals surface area contributed by atoms with Crippen LogP contribution in [0.4, 0.5) is 0 Å². The summed E-state index contributed by atoms with van der Waals surface area (Å²) >= 11 is 0. The number of aryl methyl sites for hydroxylation is 2. The number of amides is 1. The second-order valence-corrected chi connectivity index (χ2v) is 7.90. The van der Waals surface area contributed by atoms with E-state index in [4.69, 9.17) is 0 Å². The van der Waals surface area contributed by atoms with Crippen LogP contribution in [0, 0.1) is 13.8 Å². The van der Waals surface area contributed by atoms with E-state index in [1.165, 1.54) is 0 Å². The Labute approximate surface area is 127 Å². The molecule has 0 spiro atoms. The van der Waals surface area contributed by atoms with E-state index in [9.17, 15) is 13.2 Å². The lowest BCUT2D eigenvalue weighted by Gasteiger charge is -2.21. The highest BCUT2D eigenvalue weighted by molar-refractivity contribution is 7.90. The standard InChI is InChI=1S/C16H23NO3S/c1-12-8-9-13(2)14(10-12)11-16(18)17-21(19,20)15-6-4-3-5-7-15/h8-10,15H,3-7,11H2,1-2H3,(H,17,18). The van der Waals surface area contributed by atoms with Crippen molar-refractivity contribution in [1.29, 1.82) is 0 Å². The van der Waals surface area contributed by atoms with E-state index in [1.807, 2.05) is 32.0 Å². The summed E-state index contributed by atoms with van der Waals surface area (Å²) in [5.41, 5.74) is 2.95. The molecular formula is C16H23NO3S. The molecule has 5 heteroatoms. The quantitative estimate of drug-likeness (QED) is 0.930. The maximum absolute atomic E-state index is 12.2. The summed E-state index contributed by atoms with van der Waals surface area (Å²) in [6, 6.07) is 5.87. The lowest BCUT2D eigenvalue weighted by atomic mass is 10.0. The number of hydrogen-bond acceptors (Lipinski definition) is 3. The van der Waals surface area contributed by atoms with Crippen molar-refractivity contribution in [2.75, 3.05) is 0 Å². The molecule has 0 aliphatic heterocycles. The topological polar surface area (TPSA) is 63.2 Å². The summed E-state index contributed by atoms with van der Waals surface area (Å²) < 4.78 is 26.7. The first kappa shape index (κ1) is 16.0. The molecule has 1 aromatic carbocycles. The van der Waals surface area contributed by atoms with Crippen LogP contribution in [-0.2, 0) is 21.2 Å². The molecular weight excluding hydrogens is 286 g/mol. The van der Waals surface area contributed by atoms with Gasteiger partial charge in [0.1, 0.15) is 0 Å². The molecule has 116 valence electrons. The summed E-state index contributed by atoms with van der Waals surface area (Å²) in [7, 11) is -3.53. The molecule has 1 saturated carbocycles. The number of benzene rings is 1. The molecule has 0 saturated heterocycles. The molecule has 21 heavy (non-hydrogen) atoms. The van der Waals surface area contributed by atoms with Crippen molar-refractivity contribution in [3.05, 3.63) is 34.9 Å². The van der Waals surface area contributed by atoms with Crippen molar-refractivity contribution >= 4 is 15.9 Å². The third-order valence-corrected chi connectivity index (χ3v) is 5.96. The molecule has 0 heterocycles. The third-order valence-electron chi connectivity index (χ3n) is 4.10. The van der Waals surface area contributed by atoms with Crippen LogP contribution < -0.4 is 4.72 Å². The Morgan fingerprint density at radius 3 is 2.52 bits per heavy atom. The normalized spacial score (nSPS) is 16.7. The lowest BCUT2D eigenvalue weighted by Crippen LogP contribution is -2.40. The smallest absolute Gasteiger partial charge is 0.237 e. The van der Waals surface area contributed by atoms with Crippen LogP contribution in [0.25, 0.3) is 0 Å². The summed E-state index contributed by atoms with van der Waals surface area (Å²) in [6.07, 6.45) is 4.37. The van der Waals surface area contributed by atoms with Gasteiger partial charge in [-0.1, -0.05) is 43.0 Å². The second-order valence-electron chi connectivity index (χ2n) is 5.94. The highest BCUT2D eigenvalue weighted by Crippen LogP contribution is 2.23. The number of rotatable bonds is 4. The average molecular weight is 309 g/mol. The fourth-order valence-corrected chi connectivity index (χ4v) is 4.33. The minimum absolute atomic E-state index is 0.111. The molecule has 1 N–H and O–H groups in total. The van der Waals surface area contributed by atoms with E-state index < -0.39 is 21.2 Å². The Kier molecular flexibility index (Phi) is 5.04. The number of carbonyl (C=O) groups excluding carboxylic acids is 1. The minimum atomic E-state index is -3.53. The zero-order valence-electron chi connectivity index (χ0n) is 12.7. The van der Waals surface area contributed by atoms with Gasteiger partial charge in [0, 0.05) is 0 Å².